The highest BCUT2D eigenvalue weighted by Crippen LogP contribution is 2.36. The third-order valence-electron chi connectivity index (χ3n) is 5.98. The molecular weight excluding hydrogens is 526 g/mol. The number of hydrogen-bond donors (Lipinski definition) is 1. The second-order valence-electron chi connectivity index (χ2n) is 8.45. The lowest BCUT2D eigenvalue weighted by atomic mass is 10.0. The van der Waals surface area contributed by atoms with E-state index in [-0.39, 0.29) is 61.8 Å². The summed E-state index contributed by atoms with van der Waals surface area (Å²) >= 11 is 0. The van der Waals surface area contributed by atoms with Gasteiger partial charge in [0, 0.05) is 37.2 Å². The smallest absolute Gasteiger partial charge is 0.449 e. The topological polar surface area (TPSA) is 73.4 Å². The number of ether oxygens (including phenoxy) is 1. The molecule has 0 bridgehead atoms. The van der Waals surface area contributed by atoms with Gasteiger partial charge in [-0.05, 0) is 42.3 Å². The van der Waals surface area contributed by atoms with E-state index in [0.29, 0.717) is 23.4 Å². The van der Waals surface area contributed by atoms with E-state index in [9.17, 15) is 31.1 Å². The van der Waals surface area contributed by atoms with Gasteiger partial charge in [-0.25, -0.2) is 18.2 Å². The zero-order valence-electron chi connectivity index (χ0n) is 19.5. The van der Waals surface area contributed by atoms with Crippen LogP contribution in [0.25, 0.3) is 11.3 Å². The fourth-order valence-corrected chi connectivity index (χ4v) is 4.21. The highest BCUT2D eigenvalue weighted by Gasteiger charge is 2.40. The van der Waals surface area contributed by atoms with Crippen molar-refractivity contribution in [1.29, 1.82) is 0 Å². The minimum atomic E-state index is -4.69. The number of amides is 1. The molecule has 0 saturated carbocycles. The van der Waals surface area contributed by atoms with Crippen molar-refractivity contribution in [3.8, 4) is 17.0 Å². The molecule has 0 spiro atoms. The Morgan fingerprint density at radius 1 is 1.08 bits per heavy atom. The van der Waals surface area contributed by atoms with Gasteiger partial charge in [-0.15, -0.1) is 12.4 Å². The second kappa shape index (κ2) is 11.0. The van der Waals surface area contributed by atoms with Gasteiger partial charge < -0.3 is 19.9 Å². The molecule has 0 radical (unpaired) electrons. The van der Waals surface area contributed by atoms with Gasteiger partial charge in [-0.3, -0.25) is 4.79 Å². The first-order valence-electron chi connectivity index (χ1n) is 11.0. The number of methoxy groups -OCH3 is 1. The Hall–Kier alpha value is -3.25. The van der Waals surface area contributed by atoms with E-state index in [4.69, 9.17) is 10.5 Å². The molecule has 2 aromatic carbocycles. The van der Waals surface area contributed by atoms with Crippen molar-refractivity contribution >= 4 is 18.3 Å². The number of carbonyl (C=O) groups is 1. The van der Waals surface area contributed by atoms with Crippen molar-refractivity contribution in [1.82, 2.24) is 14.5 Å². The fourth-order valence-electron chi connectivity index (χ4n) is 4.21. The number of nitrogens with two attached hydrogens (primary N) is 1. The fraction of sp³-hybridized carbons (Fsp3) is 0.333. The summed E-state index contributed by atoms with van der Waals surface area (Å²) in [5.74, 6) is -4.56. The predicted octanol–water partition coefficient (Wildman–Crippen LogP) is 4.72. The average molecular weight is 549 g/mol. The van der Waals surface area contributed by atoms with Gasteiger partial charge >= 0.3 is 6.18 Å². The molecule has 200 valence electrons. The maximum atomic E-state index is 13.9. The minimum Gasteiger partial charge on any atom is -0.497 e. The first-order valence-corrected chi connectivity index (χ1v) is 11.0. The van der Waals surface area contributed by atoms with Crippen molar-refractivity contribution in [3.05, 3.63) is 70.9 Å². The minimum absolute atomic E-state index is 0. The van der Waals surface area contributed by atoms with Crippen molar-refractivity contribution in [2.75, 3.05) is 13.7 Å². The van der Waals surface area contributed by atoms with Gasteiger partial charge in [-0.1, -0.05) is 0 Å². The second-order valence-corrected chi connectivity index (χ2v) is 8.45. The van der Waals surface area contributed by atoms with Crippen molar-refractivity contribution < 1.29 is 35.9 Å². The van der Waals surface area contributed by atoms with Crippen molar-refractivity contribution in [2.45, 2.75) is 38.1 Å². The summed E-state index contributed by atoms with van der Waals surface area (Å²) in [6, 6.07) is 6.52. The summed E-state index contributed by atoms with van der Waals surface area (Å²) in [5, 5.41) is 0. The third kappa shape index (κ3) is 6.02. The van der Waals surface area contributed by atoms with Crippen LogP contribution in [0.2, 0.25) is 0 Å². The van der Waals surface area contributed by atoms with Crippen LogP contribution in [0.15, 0.2) is 36.4 Å². The molecule has 1 aliphatic rings. The number of nitrogens with zero attached hydrogens (tertiary/aromatic N) is 3. The third-order valence-corrected chi connectivity index (χ3v) is 5.98. The van der Waals surface area contributed by atoms with Gasteiger partial charge in [0.05, 0.1) is 25.0 Å². The van der Waals surface area contributed by atoms with Crippen LogP contribution in [0.4, 0.5) is 26.3 Å². The molecule has 1 aliphatic heterocycles. The highest BCUT2D eigenvalue weighted by molar-refractivity contribution is 5.85. The first kappa shape index (κ1) is 28.3. The Balaban J connectivity index is 0.00000380. The van der Waals surface area contributed by atoms with Crippen LogP contribution in [0.1, 0.15) is 23.5 Å². The number of imidazole rings is 1. The number of fused-ring (bicyclic) bond motifs is 1. The molecular formula is C24H23ClF6N4O2. The molecule has 1 atom stereocenters. The number of hydrogen-bond acceptors (Lipinski definition) is 4. The van der Waals surface area contributed by atoms with E-state index < -0.39 is 41.4 Å². The molecule has 0 aliphatic carbocycles. The summed E-state index contributed by atoms with van der Waals surface area (Å²) in [4.78, 5) is 18.1. The van der Waals surface area contributed by atoms with Gasteiger partial charge in [0.15, 0.2) is 11.6 Å². The predicted molar refractivity (Wildman–Crippen MR) is 124 cm³/mol. The molecule has 1 amide bonds. The number of carbonyl (C=O) groups excluding carboxylic acids is 1. The maximum absolute atomic E-state index is 13.9. The van der Waals surface area contributed by atoms with Crippen LogP contribution in [-0.2, 0) is 30.5 Å². The lowest BCUT2D eigenvalue weighted by Gasteiger charge is -2.30. The van der Waals surface area contributed by atoms with E-state index in [1.165, 1.54) is 12.0 Å². The molecule has 0 saturated heterocycles. The molecule has 13 heteroatoms. The van der Waals surface area contributed by atoms with E-state index in [2.05, 4.69) is 4.98 Å². The van der Waals surface area contributed by atoms with Crippen LogP contribution >= 0.6 is 12.4 Å². The van der Waals surface area contributed by atoms with Crippen molar-refractivity contribution in [3.63, 3.8) is 0 Å². The van der Waals surface area contributed by atoms with E-state index in [1.807, 2.05) is 0 Å². The molecule has 37 heavy (non-hydrogen) atoms. The van der Waals surface area contributed by atoms with Crippen LogP contribution < -0.4 is 10.5 Å². The Morgan fingerprint density at radius 2 is 1.73 bits per heavy atom. The van der Waals surface area contributed by atoms with Crippen molar-refractivity contribution in [2.24, 2.45) is 5.73 Å². The van der Waals surface area contributed by atoms with Gasteiger partial charge in [0.25, 0.3) is 0 Å². The number of alkyl halides is 3. The molecule has 3 aromatic rings. The molecule has 4 rings (SSSR count). The number of halogens is 7. The summed E-state index contributed by atoms with van der Waals surface area (Å²) in [7, 11) is 1.46. The lowest BCUT2D eigenvalue weighted by molar-refractivity contribution is -0.148. The highest BCUT2D eigenvalue weighted by atomic mass is 35.5. The average Bonchev–Trinajstić information content (AvgIpc) is 3.22. The van der Waals surface area contributed by atoms with E-state index >= 15 is 0 Å². The Labute approximate surface area is 214 Å². The molecule has 6 nitrogen and oxygen atoms in total. The van der Waals surface area contributed by atoms with Crippen LogP contribution in [0, 0.1) is 17.5 Å². The first-order chi connectivity index (χ1) is 17.0. The standard InChI is InChI=1S/C24H22F6N4O2.ClH/c1-36-16-4-2-13(3-5-16)22-20-12-33(6-7-34(20)23(32-22)24(28,29)30)21(35)10-15(31)8-14-9-18(26)19(27)11-17(14)25;/h2-5,9,11,15H,6-8,10,12,31H2,1H3;1H. The summed E-state index contributed by atoms with van der Waals surface area (Å²) in [6.45, 7) is -0.290. The van der Waals surface area contributed by atoms with Gasteiger partial charge in [0.2, 0.25) is 11.7 Å². The molecule has 2 heterocycles. The summed E-state index contributed by atoms with van der Waals surface area (Å²) in [5.41, 5.74) is 6.52. The van der Waals surface area contributed by atoms with Crippen LogP contribution in [0.3, 0.4) is 0 Å². The Kier molecular flexibility index (Phi) is 8.43. The zero-order chi connectivity index (χ0) is 26.2. The monoisotopic (exact) mass is 548 g/mol. The maximum Gasteiger partial charge on any atom is 0.449 e. The summed E-state index contributed by atoms with van der Waals surface area (Å²) in [6.07, 6.45) is -5.19. The normalized spacial score (nSPS) is 14.1. The van der Waals surface area contributed by atoms with Gasteiger partial charge in [0.1, 0.15) is 11.6 Å². The largest absolute Gasteiger partial charge is 0.497 e. The SMILES string of the molecule is COc1ccc(-c2nc(C(F)(F)F)n3c2CN(C(=O)CC(N)Cc2cc(F)c(F)cc2F)CC3)cc1.Cl. The summed E-state index contributed by atoms with van der Waals surface area (Å²) < 4.78 is 87.7. The molecule has 1 aromatic heterocycles. The van der Waals surface area contributed by atoms with E-state index in [1.54, 1.807) is 24.3 Å². The van der Waals surface area contributed by atoms with E-state index in [0.717, 1.165) is 4.57 Å². The Bertz CT molecular complexity index is 1280. The number of benzene rings is 2. The number of rotatable bonds is 6. The number of aromatic nitrogens is 2. The lowest BCUT2D eigenvalue weighted by Crippen LogP contribution is -2.42. The zero-order valence-corrected chi connectivity index (χ0v) is 20.3. The molecule has 2 N–H and O–H groups in total. The quantitative estimate of drug-likeness (QED) is 0.357. The Morgan fingerprint density at radius 3 is 2.35 bits per heavy atom. The van der Waals surface area contributed by atoms with Crippen LogP contribution in [0.5, 0.6) is 5.75 Å². The van der Waals surface area contributed by atoms with Crippen LogP contribution in [-0.4, -0.2) is 40.1 Å². The van der Waals surface area contributed by atoms with Gasteiger partial charge in [-0.2, -0.15) is 13.2 Å². The molecule has 0 fully saturated rings. The molecule has 1 unspecified atom stereocenters.